The van der Waals surface area contributed by atoms with Gasteiger partial charge < -0.3 is 14.3 Å². The molecular weight excluding hydrogens is 344 g/mol. The Morgan fingerprint density at radius 1 is 1.20 bits per heavy atom. The Morgan fingerprint density at radius 3 is 2.72 bits per heavy atom. The summed E-state index contributed by atoms with van der Waals surface area (Å²) in [6, 6.07) is 12.1. The number of hydrogen-bond acceptors (Lipinski definition) is 6. The zero-order valence-corrected chi connectivity index (χ0v) is 14.0. The Labute approximate surface area is 145 Å². The average Bonchev–Trinajstić information content (AvgIpc) is 2.58. The van der Waals surface area contributed by atoms with Gasteiger partial charge in [0.15, 0.2) is 0 Å². The highest BCUT2D eigenvalue weighted by Crippen LogP contribution is 2.23. The van der Waals surface area contributed by atoms with E-state index in [-0.39, 0.29) is 23.5 Å². The van der Waals surface area contributed by atoms with E-state index in [0.29, 0.717) is 15.8 Å². The zero-order valence-electron chi connectivity index (χ0n) is 13.2. The van der Waals surface area contributed by atoms with Crippen molar-refractivity contribution in [2.45, 2.75) is 11.5 Å². The Balaban J connectivity index is 1.90. The number of benzene rings is 2. The van der Waals surface area contributed by atoms with Crippen molar-refractivity contribution in [1.29, 1.82) is 0 Å². The first-order chi connectivity index (χ1) is 12.0. The van der Waals surface area contributed by atoms with Gasteiger partial charge in [0.25, 0.3) is 0 Å². The molecule has 0 unspecified atom stereocenters. The number of phenolic OH excluding ortho intramolecular Hbond substituents is 1. The molecule has 0 radical (unpaired) electrons. The zero-order chi connectivity index (χ0) is 18.0. The fourth-order valence-corrected chi connectivity index (χ4v) is 3.18. The van der Waals surface area contributed by atoms with Crippen LogP contribution >= 0.6 is 0 Å². The van der Waals surface area contributed by atoms with Gasteiger partial charge in [0.1, 0.15) is 17.9 Å². The van der Waals surface area contributed by atoms with Crippen LogP contribution in [0.2, 0.25) is 0 Å². The van der Waals surface area contributed by atoms with Crippen molar-refractivity contribution in [2.24, 2.45) is 0 Å². The maximum Gasteiger partial charge on any atom is 0.339 e. The van der Waals surface area contributed by atoms with Crippen LogP contribution in [0.15, 0.2) is 62.6 Å². The molecule has 3 aromatic rings. The first kappa shape index (κ1) is 16.9. The number of aromatic hydroxyl groups is 1. The van der Waals surface area contributed by atoms with Gasteiger partial charge in [0.2, 0.25) is 0 Å². The van der Waals surface area contributed by atoms with Gasteiger partial charge in [-0.2, -0.15) is 0 Å². The Hall–Kier alpha value is -2.93. The van der Waals surface area contributed by atoms with Crippen molar-refractivity contribution in [3.63, 3.8) is 0 Å². The highest BCUT2D eigenvalue weighted by atomic mass is 32.2. The number of carbonyl (C=O) groups is 1. The summed E-state index contributed by atoms with van der Waals surface area (Å²) in [5.74, 6) is -0.671. The van der Waals surface area contributed by atoms with Crippen LogP contribution in [0.4, 0.5) is 0 Å². The predicted octanol–water partition coefficient (Wildman–Crippen LogP) is 2.59. The molecule has 128 valence electrons. The molecule has 0 saturated heterocycles. The van der Waals surface area contributed by atoms with Crippen LogP contribution in [-0.2, 0) is 22.1 Å². The summed E-state index contributed by atoms with van der Waals surface area (Å²) in [5.41, 5.74) is 0.260. The fraction of sp³-hybridized carbons (Fsp3) is 0.111. The molecule has 7 heteroatoms. The number of esters is 1. The summed E-state index contributed by atoms with van der Waals surface area (Å²) >= 11 is 0. The number of carbonyl (C=O) groups excluding carboxylic acids is 1. The lowest BCUT2D eigenvalue weighted by Gasteiger charge is -2.09. The topological polar surface area (TPSA) is 93.8 Å². The molecule has 0 aliphatic heterocycles. The second kappa shape index (κ2) is 6.90. The second-order valence-corrected chi connectivity index (χ2v) is 6.65. The third-order valence-electron chi connectivity index (χ3n) is 3.59. The number of phenols is 1. The summed E-state index contributed by atoms with van der Waals surface area (Å²) in [5, 5.41) is 10.0. The van der Waals surface area contributed by atoms with E-state index in [1.54, 1.807) is 24.3 Å². The van der Waals surface area contributed by atoms with Gasteiger partial charge in [-0.25, -0.2) is 9.59 Å². The van der Waals surface area contributed by atoms with E-state index in [0.717, 1.165) is 0 Å². The minimum Gasteiger partial charge on any atom is -0.508 e. The smallest absolute Gasteiger partial charge is 0.339 e. The quantitative estimate of drug-likeness (QED) is 0.569. The molecule has 0 amide bonds. The molecule has 0 spiro atoms. The van der Waals surface area contributed by atoms with Crippen molar-refractivity contribution in [1.82, 2.24) is 0 Å². The number of rotatable bonds is 4. The molecule has 0 bridgehead atoms. The average molecular weight is 358 g/mol. The predicted molar refractivity (Wildman–Crippen MR) is 92.0 cm³/mol. The molecule has 25 heavy (non-hydrogen) atoms. The van der Waals surface area contributed by atoms with Gasteiger partial charge in [-0.1, -0.05) is 12.1 Å². The number of hydrogen-bond donors (Lipinski definition) is 1. The molecule has 0 aliphatic carbocycles. The van der Waals surface area contributed by atoms with E-state index in [9.17, 15) is 18.9 Å². The summed E-state index contributed by atoms with van der Waals surface area (Å²) in [7, 11) is -1.33. The third kappa shape index (κ3) is 3.61. The lowest BCUT2D eigenvalue weighted by atomic mass is 10.1. The molecule has 1 heterocycles. The summed E-state index contributed by atoms with van der Waals surface area (Å²) in [6.07, 6.45) is 1.48. The van der Waals surface area contributed by atoms with Crippen molar-refractivity contribution < 1.29 is 23.3 Å². The van der Waals surface area contributed by atoms with Gasteiger partial charge in [0.05, 0.1) is 21.3 Å². The summed E-state index contributed by atoms with van der Waals surface area (Å²) < 4.78 is 22.0. The van der Waals surface area contributed by atoms with Gasteiger partial charge in [-0.05, 0) is 24.3 Å². The van der Waals surface area contributed by atoms with Crippen LogP contribution in [0.5, 0.6) is 5.75 Å². The SMILES string of the molecule is C[S@@](=O)c1ccccc1C(=O)OCc1cc(=O)oc2cc(O)ccc12. The molecule has 1 N–H and O–H groups in total. The van der Waals surface area contributed by atoms with Crippen molar-refractivity contribution in [2.75, 3.05) is 6.26 Å². The highest BCUT2D eigenvalue weighted by Gasteiger charge is 2.16. The first-order valence-electron chi connectivity index (χ1n) is 7.31. The van der Waals surface area contributed by atoms with Crippen molar-refractivity contribution >= 4 is 27.7 Å². The second-order valence-electron chi connectivity index (χ2n) is 5.30. The Bertz CT molecular complexity index is 1040. The first-order valence-corrected chi connectivity index (χ1v) is 8.87. The molecule has 1 aromatic heterocycles. The van der Waals surface area contributed by atoms with Crippen LogP contribution in [0.25, 0.3) is 11.0 Å². The van der Waals surface area contributed by atoms with E-state index in [1.165, 1.54) is 30.5 Å². The van der Waals surface area contributed by atoms with Crippen LogP contribution in [0.3, 0.4) is 0 Å². The van der Waals surface area contributed by atoms with Crippen LogP contribution < -0.4 is 5.63 Å². The standard InChI is InChI=1S/C18H14O6S/c1-25(22)16-5-3-2-4-14(16)18(21)23-10-11-8-17(20)24-15-9-12(19)6-7-13(11)15/h2-9,19H,10H2,1H3/t25-/m1/s1. The minimum atomic E-state index is -1.33. The fourth-order valence-electron chi connectivity index (χ4n) is 2.45. The van der Waals surface area contributed by atoms with Crippen molar-refractivity contribution in [3.8, 4) is 5.75 Å². The summed E-state index contributed by atoms with van der Waals surface area (Å²) in [6.45, 7) is -0.156. The maximum absolute atomic E-state index is 12.3. The Morgan fingerprint density at radius 2 is 1.96 bits per heavy atom. The molecule has 0 aliphatic rings. The van der Waals surface area contributed by atoms with Crippen LogP contribution in [0.1, 0.15) is 15.9 Å². The molecular formula is C18H14O6S. The lowest BCUT2D eigenvalue weighted by molar-refractivity contribution is 0.0469. The number of ether oxygens (including phenoxy) is 1. The largest absolute Gasteiger partial charge is 0.508 e. The third-order valence-corrected chi connectivity index (χ3v) is 4.56. The number of fused-ring (bicyclic) bond motifs is 1. The molecule has 3 rings (SSSR count). The maximum atomic E-state index is 12.3. The van der Waals surface area contributed by atoms with Gasteiger partial charge in [-0.3, -0.25) is 4.21 Å². The van der Waals surface area contributed by atoms with E-state index in [2.05, 4.69) is 0 Å². The normalized spacial score (nSPS) is 12.0. The summed E-state index contributed by atoms with van der Waals surface area (Å²) in [4.78, 5) is 24.3. The van der Waals surface area contributed by atoms with Crippen molar-refractivity contribution in [3.05, 3.63) is 70.1 Å². The minimum absolute atomic E-state index is 0.0378. The van der Waals surface area contributed by atoms with E-state index < -0.39 is 22.4 Å². The molecule has 0 saturated carbocycles. The van der Waals surface area contributed by atoms with Gasteiger partial charge in [0, 0.05) is 29.3 Å². The Kier molecular flexibility index (Phi) is 4.67. The highest BCUT2D eigenvalue weighted by molar-refractivity contribution is 7.84. The monoisotopic (exact) mass is 358 g/mol. The van der Waals surface area contributed by atoms with E-state index in [4.69, 9.17) is 9.15 Å². The van der Waals surface area contributed by atoms with E-state index in [1.807, 2.05) is 0 Å². The molecule has 1 atom stereocenters. The van der Waals surface area contributed by atoms with Crippen LogP contribution in [-0.4, -0.2) is 21.5 Å². The van der Waals surface area contributed by atoms with Gasteiger partial charge in [-0.15, -0.1) is 0 Å². The molecule has 6 nitrogen and oxygen atoms in total. The van der Waals surface area contributed by atoms with Gasteiger partial charge >= 0.3 is 11.6 Å². The van der Waals surface area contributed by atoms with Crippen LogP contribution in [0, 0.1) is 0 Å². The molecule has 0 fully saturated rings. The van der Waals surface area contributed by atoms with E-state index >= 15 is 0 Å². The lowest BCUT2D eigenvalue weighted by Crippen LogP contribution is -2.10. The molecule has 2 aromatic carbocycles.